The van der Waals surface area contributed by atoms with Crippen molar-refractivity contribution in [3.05, 3.63) is 46.7 Å². The van der Waals surface area contributed by atoms with Crippen LogP contribution in [0.5, 0.6) is 5.75 Å². The second-order valence-electron chi connectivity index (χ2n) is 3.86. The first kappa shape index (κ1) is 13.4. The van der Waals surface area contributed by atoms with Gasteiger partial charge in [-0.1, -0.05) is 23.7 Å². The molecule has 0 spiro atoms. The molecule has 0 aliphatic rings. The number of carboxylic acids is 1. The zero-order chi connectivity index (χ0) is 13.8. The first-order valence-electron chi connectivity index (χ1n) is 5.78. The highest BCUT2D eigenvalue weighted by Crippen LogP contribution is 2.24. The lowest BCUT2D eigenvalue weighted by molar-refractivity contribution is 0.0680. The monoisotopic (exact) mass is 280 g/mol. The lowest BCUT2D eigenvalue weighted by atomic mass is 10.2. The van der Waals surface area contributed by atoms with Gasteiger partial charge in [0.15, 0.2) is 5.69 Å². The first-order chi connectivity index (χ1) is 9.13. The number of ether oxygens (including phenoxy) is 1. The Morgan fingerprint density at radius 3 is 2.84 bits per heavy atom. The number of benzene rings is 1. The van der Waals surface area contributed by atoms with Crippen LogP contribution >= 0.6 is 11.6 Å². The molecule has 1 aromatic heterocycles. The van der Waals surface area contributed by atoms with Gasteiger partial charge in [-0.15, -0.1) is 0 Å². The van der Waals surface area contributed by atoms with E-state index in [4.69, 9.17) is 16.3 Å². The molecule has 0 radical (unpaired) electrons. The Morgan fingerprint density at radius 1 is 1.47 bits per heavy atom. The fourth-order valence-electron chi connectivity index (χ4n) is 1.73. The van der Waals surface area contributed by atoms with Crippen LogP contribution in [0.1, 0.15) is 23.0 Å². The number of nitrogens with zero attached hydrogens (tertiary/aromatic N) is 2. The molecule has 5 nitrogen and oxygen atoms in total. The van der Waals surface area contributed by atoms with Crippen LogP contribution in [0.4, 0.5) is 0 Å². The molecule has 6 heteroatoms. The number of para-hydroxylation sites is 1. The van der Waals surface area contributed by atoms with Crippen molar-refractivity contribution in [2.45, 2.75) is 20.1 Å². The molecule has 0 atom stereocenters. The van der Waals surface area contributed by atoms with Crippen LogP contribution in [-0.4, -0.2) is 20.9 Å². The molecule has 0 amide bonds. The predicted molar refractivity (Wildman–Crippen MR) is 70.6 cm³/mol. The molecular weight excluding hydrogens is 268 g/mol. The maximum absolute atomic E-state index is 11.2. The van der Waals surface area contributed by atoms with Crippen LogP contribution in [0, 0.1) is 0 Å². The first-order valence-corrected chi connectivity index (χ1v) is 6.16. The van der Waals surface area contributed by atoms with E-state index in [-0.39, 0.29) is 12.3 Å². The fourth-order valence-corrected chi connectivity index (χ4v) is 1.92. The normalized spacial score (nSPS) is 10.4. The number of hydrogen-bond donors (Lipinski definition) is 1. The van der Waals surface area contributed by atoms with E-state index in [0.29, 0.717) is 22.9 Å². The second kappa shape index (κ2) is 5.75. The summed E-state index contributed by atoms with van der Waals surface area (Å²) in [5.74, 6) is -0.498. The van der Waals surface area contributed by atoms with Gasteiger partial charge in [0, 0.05) is 12.1 Å². The number of rotatable bonds is 5. The topological polar surface area (TPSA) is 64.4 Å². The average Bonchev–Trinajstić information content (AvgIpc) is 2.81. The Kier molecular flexibility index (Phi) is 4.06. The summed E-state index contributed by atoms with van der Waals surface area (Å²) in [5, 5.41) is 13.7. The number of hydrogen-bond acceptors (Lipinski definition) is 3. The maximum Gasteiger partial charge on any atom is 0.354 e. The van der Waals surface area contributed by atoms with Gasteiger partial charge in [-0.3, -0.25) is 4.68 Å². The summed E-state index contributed by atoms with van der Waals surface area (Å²) in [6.07, 6.45) is 1.50. The van der Waals surface area contributed by atoms with E-state index in [1.807, 2.05) is 6.92 Å². The third-order valence-corrected chi connectivity index (χ3v) is 2.95. The highest BCUT2D eigenvalue weighted by atomic mass is 35.5. The molecule has 1 aromatic carbocycles. The maximum atomic E-state index is 11.2. The highest BCUT2D eigenvalue weighted by Gasteiger charge is 2.17. The van der Waals surface area contributed by atoms with E-state index in [2.05, 4.69) is 5.10 Å². The minimum Gasteiger partial charge on any atom is -0.487 e. The molecule has 0 fully saturated rings. The Hall–Kier alpha value is -2.01. The van der Waals surface area contributed by atoms with Crippen molar-refractivity contribution in [2.75, 3.05) is 0 Å². The van der Waals surface area contributed by atoms with Crippen molar-refractivity contribution in [1.29, 1.82) is 0 Å². The highest BCUT2D eigenvalue weighted by molar-refractivity contribution is 6.32. The Bertz CT molecular complexity index is 595. The van der Waals surface area contributed by atoms with Gasteiger partial charge in [-0.05, 0) is 19.1 Å². The molecular formula is C13H13ClN2O3. The van der Waals surface area contributed by atoms with E-state index in [1.165, 1.54) is 10.9 Å². The molecule has 0 bridgehead atoms. The van der Waals surface area contributed by atoms with Crippen LogP contribution in [-0.2, 0) is 13.2 Å². The molecule has 0 aliphatic carbocycles. The summed E-state index contributed by atoms with van der Waals surface area (Å²) >= 11 is 5.96. The number of aromatic carboxylic acids is 1. The fraction of sp³-hybridized carbons (Fsp3) is 0.231. The van der Waals surface area contributed by atoms with Gasteiger partial charge in [0.25, 0.3) is 0 Å². The number of carboxylic acid groups (broad SMARTS) is 1. The van der Waals surface area contributed by atoms with Crippen LogP contribution < -0.4 is 4.74 Å². The summed E-state index contributed by atoms with van der Waals surface area (Å²) in [6, 6.07) is 7.04. The number of carbonyl (C=O) groups is 1. The van der Waals surface area contributed by atoms with Crippen molar-refractivity contribution in [1.82, 2.24) is 9.78 Å². The van der Waals surface area contributed by atoms with Crippen molar-refractivity contribution in [2.24, 2.45) is 0 Å². The smallest absolute Gasteiger partial charge is 0.354 e. The van der Waals surface area contributed by atoms with Gasteiger partial charge in [0.05, 0.1) is 11.2 Å². The van der Waals surface area contributed by atoms with Crippen LogP contribution in [0.15, 0.2) is 30.5 Å². The average molecular weight is 281 g/mol. The molecule has 19 heavy (non-hydrogen) atoms. The van der Waals surface area contributed by atoms with Crippen molar-refractivity contribution in [3.8, 4) is 5.75 Å². The van der Waals surface area contributed by atoms with E-state index in [1.54, 1.807) is 24.3 Å². The van der Waals surface area contributed by atoms with Gasteiger partial charge in [0.2, 0.25) is 0 Å². The van der Waals surface area contributed by atoms with Crippen molar-refractivity contribution in [3.63, 3.8) is 0 Å². The molecule has 0 unspecified atom stereocenters. The molecule has 1 N–H and O–H groups in total. The van der Waals surface area contributed by atoms with Gasteiger partial charge in [-0.2, -0.15) is 5.10 Å². The summed E-state index contributed by atoms with van der Waals surface area (Å²) in [4.78, 5) is 11.2. The van der Waals surface area contributed by atoms with Gasteiger partial charge >= 0.3 is 5.97 Å². The molecule has 2 rings (SSSR count). The van der Waals surface area contributed by atoms with Crippen LogP contribution in [0.3, 0.4) is 0 Å². The summed E-state index contributed by atoms with van der Waals surface area (Å²) in [6.45, 7) is 2.44. The molecule has 2 aromatic rings. The molecule has 0 aliphatic heterocycles. The largest absolute Gasteiger partial charge is 0.487 e. The zero-order valence-electron chi connectivity index (χ0n) is 10.3. The third-order valence-electron chi connectivity index (χ3n) is 2.64. The molecule has 100 valence electrons. The number of aromatic nitrogens is 2. The number of halogens is 1. The minimum atomic E-state index is -1.02. The predicted octanol–water partition coefficient (Wildman–Crippen LogP) is 2.83. The zero-order valence-corrected chi connectivity index (χ0v) is 11.1. The second-order valence-corrected chi connectivity index (χ2v) is 4.27. The van der Waals surface area contributed by atoms with Gasteiger partial charge in [-0.25, -0.2) is 4.79 Å². The van der Waals surface area contributed by atoms with Gasteiger partial charge in [0.1, 0.15) is 12.4 Å². The molecule has 0 saturated carbocycles. The quantitative estimate of drug-likeness (QED) is 0.915. The lowest BCUT2D eigenvalue weighted by Crippen LogP contribution is -2.11. The van der Waals surface area contributed by atoms with Crippen molar-refractivity contribution < 1.29 is 14.6 Å². The standard InChI is InChI=1S/C13H13ClN2O3/c1-2-16-12(13(17)18)9(7-15-16)8-19-11-6-4-3-5-10(11)14/h3-7H,2,8H2,1H3,(H,17,18). The van der Waals surface area contributed by atoms with E-state index < -0.39 is 5.97 Å². The summed E-state index contributed by atoms with van der Waals surface area (Å²) in [5.41, 5.74) is 0.670. The van der Waals surface area contributed by atoms with Crippen molar-refractivity contribution >= 4 is 17.6 Å². The van der Waals surface area contributed by atoms with Crippen LogP contribution in [0.2, 0.25) is 5.02 Å². The van der Waals surface area contributed by atoms with E-state index >= 15 is 0 Å². The Labute approximate surface area is 115 Å². The third kappa shape index (κ3) is 2.88. The summed E-state index contributed by atoms with van der Waals surface area (Å²) in [7, 11) is 0. The number of aryl methyl sites for hydroxylation is 1. The van der Waals surface area contributed by atoms with E-state index in [9.17, 15) is 9.90 Å². The minimum absolute atomic E-state index is 0.116. The SMILES string of the molecule is CCn1ncc(COc2ccccc2Cl)c1C(=O)O. The van der Waals surface area contributed by atoms with Gasteiger partial charge < -0.3 is 9.84 Å². The van der Waals surface area contributed by atoms with E-state index in [0.717, 1.165) is 0 Å². The lowest BCUT2D eigenvalue weighted by Gasteiger charge is -2.07. The van der Waals surface area contributed by atoms with Crippen LogP contribution in [0.25, 0.3) is 0 Å². The molecule has 1 heterocycles. The Morgan fingerprint density at radius 2 is 2.21 bits per heavy atom. The summed E-state index contributed by atoms with van der Waals surface area (Å²) < 4.78 is 6.95. The molecule has 0 saturated heterocycles. The Balaban J connectivity index is 2.18.